The standard InChI is InChI=1S/C16H20ClN5O2/c1-20-5-6-22(16(23)12-7-11(17)8-21(12)2)9-13(20)14-18-15(24-19-14)10-3-4-10/h7-8,10,13H,3-6,9H2,1-2H3. The smallest absolute Gasteiger partial charge is 0.270 e. The van der Waals surface area contributed by atoms with Crippen molar-refractivity contribution in [2.75, 3.05) is 26.7 Å². The summed E-state index contributed by atoms with van der Waals surface area (Å²) in [6, 6.07) is 1.66. The molecule has 0 spiro atoms. The fraction of sp³-hybridized carbons (Fsp3) is 0.562. The van der Waals surface area contributed by atoms with E-state index in [0.717, 1.165) is 25.3 Å². The number of amides is 1. The monoisotopic (exact) mass is 349 g/mol. The number of hydrogen-bond acceptors (Lipinski definition) is 5. The Morgan fingerprint density at radius 1 is 1.33 bits per heavy atom. The minimum Gasteiger partial charge on any atom is -0.345 e. The Hall–Kier alpha value is -1.86. The predicted molar refractivity (Wildman–Crippen MR) is 88.0 cm³/mol. The molecule has 7 nitrogen and oxygen atoms in total. The molecule has 24 heavy (non-hydrogen) atoms. The summed E-state index contributed by atoms with van der Waals surface area (Å²) in [7, 11) is 3.85. The van der Waals surface area contributed by atoms with Crippen molar-refractivity contribution in [2.24, 2.45) is 7.05 Å². The highest BCUT2D eigenvalue weighted by atomic mass is 35.5. The zero-order chi connectivity index (χ0) is 16.8. The molecule has 2 aliphatic rings. The number of aryl methyl sites for hydroxylation is 1. The molecule has 128 valence electrons. The Bertz CT molecular complexity index is 766. The van der Waals surface area contributed by atoms with Crippen LogP contribution in [0, 0.1) is 0 Å². The van der Waals surface area contributed by atoms with Crippen LogP contribution >= 0.6 is 11.6 Å². The molecule has 1 aliphatic heterocycles. The summed E-state index contributed by atoms with van der Waals surface area (Å²) < 4.78 is 7.14. The molecular formula is C16H20ClN5O2. The second-order valence-electron chi connectivity index (χ2n) is 6.67. The molecule has 3 heterocycles. The van der Waals surface area contributed by atoms with Gasteiger partial charge in [0.1, 0.15) is 5.69 Å². The van der Waals surface area contributed by atoms with Gasteiger partial charge >= 0.3 is 0 Å². The molecule has 1 saturated carbocycles. The van der Waals surface area contributed by atoms with Gasteiger partial charge in [-0.1, -0.05) is 16.8 Å². The first-order valence-electron chi connectivity index (χ1n) is 8.18. The van der Waals surface area contributed by atoms with Crippen LogP contribution in [0.25, 0.3) is 0 Å². The van der Waals surface area contributed by atoms with E-state index >= 15 is 0 Å². The number of rotatable bonds is 3. The van der Waals surface area contributed by atoms with E-state index in [2.05, 4.69) is 15.0 Å². The van der Waals surface area contributed by atoms with Crippen molar-refractivity contribution in [1.82, 2.24) is 24.5 Å². The third-order valence-corrected chi connectivity index (χ3v) is 5.01. The van der Waals surface area contributed by atoms with Crippen molar-refractivity contribution in [3.8, 4) is 0 Å². The highest BCUT2D eigenvalue weighted by Gasteiger charge is 2.35. The molecule has 0 bridgehead atoms. The number of carbonyl (C=O) groups excluding carboxylic acids is 1. The van der Waals surface area contributed by atoms with Gasteiger partial charge in [-0.2, -0.15) is 4.98 Å². The third-order valence-electron chi connectivity index (χ3n) is 4.81. The Morgan fingerprint density at radius 3 is 2.79 bits per heavy atom. The molecule has 2 fully saturated rings. The van der Waals surface area contributed by atoms with Crippen LogP contribution in [0.1, 0.15) is 47.0 Å². The van der Waals surface area contributed by atoms with Crippen LogP contribution in [0.15, 0.2) is 16.8 Å². The van der Waals surface area contributed by atoms with Gasteiger partial charge in [-0.15, -0.1) is 0 Å². The molecular weight excluding hydrogens is 330 g/mol. The van der Waals surface area contributed by atoms with E-state index in [-0.39, 0.29) is 11.9 Å². The Balaban J connectivity index is 1.53. The number of likely N-dealkylation sites (N-methyl/N-ethyl adjacent to an activating group) is 1. The summed E-state index contributed by atoms with van der Waals surface area (Å²) in [6.07, 6.45) is 3.99. The van der Waals surface area contributed by atoms with Crippen molar-refractivity contribution in [3.63, 3.8) is 0 Å². The lowest BCUT2D eigenvalue weighted by atomic mass is 10.1. The molecule has 0 radical (unpaired) electrons. The summed E-state index contributed by atoms with van der Waals surface area (Å²) in [5.41, 5.74) is 0.593. The van der Waals surface area contributed by atoms with Crippen LogP contribution in [0.5, 0.6) is 0 Å². The molecule has 1 atom stereocenters. The van der Waals surface area contributed by atoms with E-state index in [9.17, 15) is 4.79 Å². The summed E-state index contributed by atoms with van der Waals surface area (Å²) in [5.74, 6) is 1.81. The van der Waals surface area contributed by atoms with Crippen LogP contribution in [0.2, 0.25) is 5.02 Å². The first kappa shape index (κ1) is 15.7. The first-order chi connectivity index (χ1) is 11.5. The van der Waals surface area contributed by atoms with Crippen molar-refractivity contribution in [2.45, 2.75) is 24.8 Å². The van der Waals surface area contributed by atoms with Gasteiger partial charge < -0.3 is 14.0 Å². The molecule has 1 unspecified atom stereocenters. The average molecular weight is 350 g/mol. The van der Waals surface area contributed by atoms with Crippen molar-refractivity contribution >= 4 is 17.5 Å². The summed E-state index contributed by atoms with van der Waals surface area (Å²) >= 11 is 6.00. The lowest BCUT2D eigenvalue weighted by Gasteiger charge is -2.37. The third kappa shape index (κ3) is 2.82. The van der Waals surface area contributed by atoms with Gasteiger partial charge in [0.2, 0.25) is 5.89 Å². The maximum Gasteiger partial charge on any atom is 0.270 e. The largest absolute Gasteiger partial charge is 0.345 e. The van der Waals surface area contributed by atoms with E-state index in [4.69, 9.17) is 16.1 Å². The van der Waals surface area contributed by atoms with E-state index in [0.29, 0.717) is 35.5 Å². The maximum atomic E-state index is 12.8. The van der Waals surface area contributed by atoms with Crippen molar-refractivity contribution < 1.29 is 9.32 Å². The normalized spacial score (nSPS) is 22.1. The average Bonchev–Trinajstić information content (AvgIpc) is 3.19. The zero-order valence-electron chi connectivity index (χ0n) is 13.8. The van der Waals surface area contributed by atoms with E-state index in [1.807, 2.05) is 19.0 Å². The Morgan fingerprint density at radius 2 is 2.12 bits per heavy atom. The van der Waals surface area contributed by atoms with Crippen LogP contribution in [-0.2, 0) is 7.05 Å². The molecule has 1 aliphatic carbocycles. The summed E-state index contributed by atoms with van der Waals surface area (Å²) in [5, 5.41) is 4.72. The Kier molecular flexibility index (Phi) is 3.85. The van der Waals surface area contributed by atoms with Crippen LogP contribution in [-0.4, -0.2) is 57.1 Å². The molecule has 0 aromatic carbocycles. The minimum absolute atomic E-state index is 0.0200. The number of aromatic nitrogens is 3. The van der Waals surface area contributed by atoms with Gasteiger partial charge in [-0.05, 0) is 26.0 Å². The van der Waals surface area contributed by atoms with Crippen LogP contribution in [0.3, 0.4) is 0 Å². The number of nitrogens with zero attached hydrogens (tertiary/aromatic N) is 5. The molecule has 1 amide bonds. The molecule has 2 aromatic heterocycles. The number of hydrogen-bond donors (Lipinski definition) is 0. The van der Waals surface area contributed by atoms with Crippen molar-refractivity contribution in [3.05, 3.63) is 34.7 Å². The lowest BCUT2D eigenvalue weighted by Crippen LogP contribution is -2.49. The SMILES string of the molecule is CN1CCN(C(=O)c2cc(Cl)cn2C)CC1c1noc(C2CC2)n1. The van der Waals surface area contributed by atoms with Gasteiger partial charge in [0, 0.05) is 38.8 Å². The van der Waals surface area contributed by atoms with Gasteiger partial charge in [0.25, 0.3) is 5.91 Å². The Labute approximate surface area is 145 Å². The van der Waals surface area contributed by atoms with E-state index in [1.54, 1.807) is 16.8 Å². The summed E-state index contributed by atoms with van der Waals surface area (Å²) in [4.78, 5) is 21.4. The van der Waals surface area contributed by atoms with Gasteiger partial charge in [-0.3, -0.25) is 9.69 Å². The second-order valence-corrected chi connectivity index (χ2v) is 7.10. The second kappa shape index (κ2) is 5.89. The molecule has 0 N–H and O–H groups in total. The highest BCUT2D eigenvalue weighted by Crippen LogP contribution is 2.39. The summed E-state index contributed by atoms with van der Waals surface area (Å²) in [6.45, 7) is 1.98. The van der Waals surface area contributed by atoms with Gasteiger partial charge in [0.15, 0.2) is 5.82 Å². The maximum absolute atomic E-state index is 12.8. The first-order valence-corrected chi connectivity index (χ1v) is 8.55. The fourth-order valence-electron chi connectivity index (χ4n) is 3.11. The molecule has 4 rings (SSSR count). The van der Waals surface area contributed by atoms with E-state index < -0.39 is 0 Å². The molecule has 1 saturated heterocycles. The van der Waals surface area contributed by atoms with Crippen LogP contribution < -0.4 is 0 Å². The number of piperazine rings is 1. The number of carbonyl (C=O) groups is 1. The minimum atomic E-state index is -0.0466. The van der Waals surface area contributed by atoms with Crippen molar-refractivity contribution in [1.29, 1.82) is 0 Å². The fourth-order valence-corrected chi connectivity index (χ4v) is 3.36. The topological polar surface area (TPSA) is 67.4 Å². The predicted octanol–water partition coefficient (Wildman–Crippen LogP) is 2.07. The van der Waals surface area contributed by atoms with Gasteiger partial charge in [-0.25, -0.2) is 0 Å². The highest BCUT2D eigenvalue weighted by molar-refractivity contribution is 6.31. The van der Waals surface area contributed by atoms with Gasteiger partial charge in [0.05, 0.1) is 11.1 Å². The molecule has 8 heteroatoms. The van der Waals surface area contributed by atoms with Crippen LogP contribution in [0.4, 0.5) is 0 Å². The number of halogens is 1. The lowest BCUT2D eigenvalue weighted by molar-refractivity contribution is 0.0520. The molecule has 2 aromatic rings. The quantitative estimate of drug-likeness (QED) is 0.848. The van der Waals surface area contributed by atoms with E-state index in [1.165, 1.54) is 0 Å². The zero-order valence-corrected chi connectivity index (χ0v) is 14.5.